The van der Waals surface area contributed by atoms with Crippen LogP contribution in [0.1, 0.15) is 87.5 Å². The van der Waals surface area contributed by atoms with Gasteiger partial charge in [0.05, 0.1) is 30.0 Å². The van der Waals surface area contributed by atoms with E-state index in [9.17, 15) is 29.7 Å². The maximum Gasteiger partial charge on any atom is 0.313 e. The lowest BCUT2D eigenvalue weighted by Gasteiger charge is -2.49. The highest BCUT2D eigenvalue weighted by Crippen LogP contribution is 2.36. The van der Waals surface area contributed by atoms with E-state index >= 15 is 0 Å². The van der Waals surface area contributed by atoms with Crippen molar-refractivity contribution in [1.29, 1.82) is 0 Å². The molecule has 0 aromatic carbocycles. The Balaban J connectivity index is 1.85. The van der Waals surface area contributed by atoms with Gasteiger partial charge in [-0.05, 0) is 79.0 Å². The average molecular weight is 670 g/mol. The summed E-state index contributed by atoms with van der Waals surface area (Å²) >= 11 is 0. The van der Waals surface area contributed by atoms with Crippen molar-refractivity contribution < 1.29 is 53.4 Å². The molecule has 0 aliphatic carbocycles. The monoisotopic (exact) mass is 669 g/mol. The van der Waals surface area contributed by atoms with Crippen LogP contribution in [0, 0.1) is 23.7 Å². The zero-order chi connectivity index (χ0) is 35.4. The van der Waals surface area contributed by atoms with Gasteiger partial charge in [0.2, 0.25) is 0 Å². The number of allylic oxidation sites excluding steroid dienone is 2. The number of nitrogens with zero attached hydrogens (tertiary/aromatic N) is 1. The Bertz CT molecular complexity index is 1100. The highest BCUT2D eigenvalue weighted by molar-refractivity contribution is 5.97. The lowest BCUT2D eigenvalue weighted by atomic mass is 9.82. The van der Waals surface area contributed by atoms with Gasteiger partial charge in [-0.25, -0.2) is 0 Å². The molecule has 12 heteroatoms. The largest absolute Gasteiger partial charge is 0.462 e. The van der Waals surface area contributed by atoms with Gasteiger partial charge in [-0.3, -0.25) is 14.4 Å². The van der Waals surface area contributed by atoms with E-state index in [1.54, 1.807) is 52.8 Å². The molecule has 0 aromatic rings. The van der Waals surface area contributed by atoms with E-state index in [2.05, 4.69) is 0 Å². The lowest BCUT2D eigenvalue weighted by molar-refractivity contribution is -0.340. The molecule has 270 valence electrons. The Kier molecular flexibility index (Phi) is 14.1. The fourth-order valence-electron chi connectivity index (χ4n) is 7.00. The van der Waals surface area contributed by atoms with Crippen LogP contribution in [-0.4, -0.2) is 119 Å². The molecule has 3 aliphatic heterocycles. The summed E-state index contributed by atoms with van der Waals surface area (Å²) < 4.78 is 30.5. The lowest BCUT2D eigenvalue weighted by Crippen LogP contribution is -2.65. The zero-order valence-electron chi connectivity index (χ0n) is 29.8. The van der Waals surface area contributed by atoms with Gasteiger partial charge in [0, 0.05) is 18.3 Å². The van der Waals surface area contributed by atoms with Crippen LogP contribution in [0.4, 0.5) is 0 Å². The molecule has 3 N–H and O–H groups in total. The molecule has 3 rings (SSSR count). The van der Waals surface area contributed by atoms with Crippen molar-refractivity contribution in [2.45, 2.75) is 154 Å². The van der Waals surface area contributed by atoms with E-state index in [1.807, 2.05) is 26.8 Å². The maximum absolute atomic E-state index is 13.5. The van der Waals surface area contributed by atoms with Crippen molar-refractivity contribution in [2.24, 2.45) is 23.7 Å². The standard InChI is InChI=1S/C35H59NO11/c1-18-13-11-12-14-25(37)19(2)15-20(3)31(21(4)26(38)16-27(39)43-22(18)5)47-34-30(40)29(36(9)10)32(23(6)45-34)46-28-17-35(8,42)33(41)24(7)44-28/h12,14,18-24,28-34,40-42H,11,13,15-17H2,1-10H3/b14-12+/t18-,19+,20-,21-,22+,23?,24-,28?,29?,30?,31-,32?,33?,34-,35?/m0/s1. The number of hydrogen-bond donors (Lipinski definition) is 3. The third-order valence-corrected chi connectivity index (χ3v) is 10.3. The summed E-state index contributed by atoms with van der Waals surface area (Å²) in [4.78, 5) is 41.1. The number of likely N-dealkylation sites (N-methyl/N-ethyl adjacent to an activating group) is 1. The van der Waals surface area contributed by atoms with E-state index in [-0.39, 0.29) is 35.7 Å². The second-order valence-electron chi connectivity index (χ2n) is 14.7. The van der Waals surface area contributed by atoms with Crippen LogP contribution < -0.4 is 0 Å². The van der Waals surface area contributed by atoms with E-state index in [0.29, 0.717) is 12.8 Å². The zero-order valence-corrected chi connectivity index (χ0v) is 29.8. The second kappa shape index (κ2) is 16.8. The SMILES string of the molecule is CC1O[C@@H](O[C@H]2[C@@H](C)C[C@@H](C)C(=O)/C=C/CC[C@H](C)[C@@H](C)OC(=O)CC(=O)[C@@H]2C)C(O)C(N(C)C)C1OC1CC(C)(O)C(O)[C@H](C)O1. The molecule has 47 heavy (non-hydrogen) atoms. The molecule has 0 bridgehead atoms. The minimum absolute atomic E-state index is 0.0172. The highest BCUT2D eigenvalue weighted by atomic mass is 16.7. The fraction of sp³-hybridized carbons (Fsp3) is 0.857. The van der Waals surface area contributed by atoms with Crippen molar-refractivity contribution in [3.8, 4) is 0 Å². The molecule has 0 amide bonds. The van der Waals surface area contributed by atoms with Gasteiger partial charge in [0.1, 0.15) is 36.6 Å². The van der Waals surface area contributed by atoms with Gasteiger partial charge >= 0.3 is 5.97 Å². The van der Waals surface area contributed by atoms with E-state index in [0.717, 1.165) is 6.42 Å². The number of ether oxygens (including phenoxy) is 5. The summed E-state index contributed by atoms with van der Waals surface area (Å²) in [6, 6.07) is -0.643. The minimum atomic E-state index is -1.43. The molecule has 15 atom stereocenters. The fourth-order valence-corrected chi connectivity index (χ4v) is 7.00. The highest BCUT2D eigenvalue weighted by Gasteiger charge is 2.51. The molecule has 0 saturated carbocycles. The van der Waals surface area contributed by atoms with Crippen LogP contribution in [-0.2, 0) is 38.1 Å². The summed E-state index contributed by atoms with van der Waals surface area (Å²) in [5.41, 5.74) is -1.43. The topological polar surface area (TPSA) is 161 Å². The first kappa shape index (κ1) is 39.7. The van der Waals surface area contributed by atoms with E-state index in [4.69, 9.17) is 23.7 Å². The Labute approximate surface area is 280 Å². The summed E-state index contributed by atoms with van der Waals surface area (Å²) in [6.45, 7) is 14.2. The summed E-state index contributed by atoms with van der Waals surface area (Å²) in [7, 11) is 3.58. The van der Waals surface area contributed by atoms with Crippen LogP contribution in [0.5, 0.6) is 0 Å². The van der Waals surface area contributed by atoms with Crippen molar-refractivity contribution in [3.63, 3.8) is 0 Å². The third kappa shape index (κ3) is 10.1. The Morgan fingerprint density at radius 1 is 0.894 bits per heavy atom. The van der Waals surface area contributed by atoms with Gasteiger partial charge in [0.25, 0.3) is 0 Å². The third-order valence-electron chi connectivity index (χ3n) is 10.3. The van der Waals surface area contributed by atoms with E-state index in [1.165, 1.54) is 6.92 Å². The number of rotatable bonds is 5. The van der Waals surface area contributed by atoms with Gasteiger partial charge in [-0.1, -0.05) is 33.8 Å². The van der Waals surface area contributed by atoms with Gasteiger partial charge in [0.15, 0.2) is 18.4 Å². The predicted octanol–water partition coefficient (Wildman–Crippen LogP) is 2.78. The summed E-state index contributed by atoms with van der Waals surface area (Å²) in [5, 5.41) is 32.8. The molecule has 0 spiro atoms. The molecule has 12 nitrogen and oxygen atoms in total. The molecule has 2 fully saturated rings. The Morgan fingerprint density at radius 3 is 2.17 bits per heavy atom. The first-order valence-corrected chi connectivity index (χ1v) is 17.1. The van der Waals surface area contributed by atoms with Crippen molar-refractivity contribution in [2.75, 3.05) is 14.1 Å². The predicted molar refractivity (Wildman–Crippen MR) is 173 cm³/mol. The first-order chi connectivity index (χ1) is 21.8. The van der Waals surface area contributed by atoms with E-state index < -0.39 is 85.3 Å². The van der Waals surface area contributed by atoms with Crippen LogP contribution in [0.2, 0.25) is 0 Å². The van der Waals surface area contributed by atoms with Crippen LogP contribution in [0.15, 0.2) is 12.2 Å². The van der Waals surface area contributed by atoms with Crippen molar-refractivity contribution in [1.82, 2.24) is 4.90 Å². The number of hydrogen-bond acceptors (Lipinski definition) is 12. The maximum atomic E-state index is 13.5. The number of carbonyl (C=O) groups excluding carboxylic acids is 3. The van der Waals surface area contributed by atoms with Crippen LogP contribution >= 0.6 is 0 Å². The van der Waals surface area contributed by atoms with Crippen molar-refractivity contribution >= 4 is 17.5 Å². The second-order valence-corrected chi connectivity index (χ2v) is 14.7. The van der Waals surface area contributed by atoms with Crippen LogP contribution in [0.25, 0.3) is 0 Å². The molecule has 0 radical (unpaired) electrons. The minimum Gasteiger partial charge on any atom is -0.462 e. The number of aliphatic hydroxyl groups excluding tert-OH is 2. The molecule has 3 aliphatic rings. The smallest absolute Gasteiger partial charge is 0.313 e. The summed E-state index contributed by atoms with van der Waals surface area (Å²) in [5.74, 6) is -2.38. The van der Waals surface area contributed by atoms with Gasteiger partial charge in [-0.15, -0.1) is 0 Å². The number of cyclic esters (lactones) is 1. The quantitative estimate of drug-likeness (QED) is 0.291. The molecule has 7 unspecified atom stereocenters. The normalized spacial score (nSPS) is 45.9. The number of Topliss-reactive ketones (excluding diaryl/α,β-unsaturated/α-hetero) is 1. The number of aliphatic hydroxyl groups is 3. The molecular weight excluding hydrogens is 610 g/mol. The number of ketones is 2. The van der Waals surface area contributed by atoms with Gasteiger partial charge in [-0.2, -0.15) is 0 Å². The first-order valence-electron chi connectivity index (χ1n) is 17.1. The number of carbonyl (C=O) groups is 3. The Hall–Kier alpha value is -1.77. The van der Waals surface area contributed by atoms with Gasteiger partial charge < -0.3 is 43.9 Å². The number of esters is 1. The Morgan fingerprint density at radius 2 is 1.55 bits per heavy atom. The molecule has 2 saturated heterocycles. The summed E-state index contributed by atoms with van der Waals surface area (Å²) in [6.07, 6.45) is -2.68. The van der Waals surface area contributed by atoms with Crippen LogP contribution in [0.3, 0.4) is 0 Å². The molecular formula is C35H59NO11. The average Bonchev–Trinajstić information content (AvgIpc) is 2.97. The molecule has 3 heterocycles. The molecule has 0 aromatic heterocycles. The van der Waals surface area contributed by atoms with Crippen molar-refractivity contribution in [3.05, 3.63) is 12.2 Å².